The number of aromatic hydroxyl groups is 4. The van der Waals surface area contributed by atoms with E-state index in [-0.39, 0.29) is 76.2 Å². The van der Waals surface area contributed by atoms with Gasteiger partial charge in [0.2, 0.25) is 33.3 Å². The van der Waals surface area contributed by atoms with Gasteiger partial charge in [-0.05, 0) is 139 Å². The van der Waals surface area contributed by atoms with Gasteiger partial charge in [0.25, 0.3) is 0 Å². The molecule has 0 saturated heterocycles. The number of benzene rings is 6. The molecule has 0 saturated carbocycles. The van der Waals surface area contributed by atoms with Crippen molar-refractivity contribution in [1.29, 1.82) is 0 Å². The number of nitrogens with two attached hydrogens (primary N) is 1. The van der Waals surface area contributed by atoms with Crippen molar-refractivity contribution < 1.29 is 72.7 Å². The lowest BCUT2D eigenvalue weighted by atomic mass is 10.0. The first-order chi connectivity index (χ1) is 34.0. The summed E-state index contributed by atoms with van der Waals surface area (Å²) in [5, 5.41) is 37.2. The van der Waals surface area contributed by atoms with Crippen LogP contribution >= 0.6 is 0 Å². The van der Waals surface area contributed by atoms with E-state index in [0.29, 0.717) is 68.2 Å². The maximum Gasteiger partial charge on any atom is 0.240 e. The van der Waals surface area contributed by atoms with E-state index >= 15 is 0 Å². The molecule has 4 aliphatic rings. The molecule has 72 heavy (non-hydrogen) atoms. The van der Waals surface area contributed by atoms with Crippen molar-refractivity contribution >= 4 is 23.3 Å². The molecule has 17 nitrogen and oxygen atoms in total. The lowest BCUT2D eigenvalue weighted by Crippen LogP contribution is -2.03. The molecule has 4 aliphatic heterocycles. The molecule has 380 valence electrons. The van der Waals surface area contributed by atoms with E-state index in [1.54, 1.807) is 30.3 Å². The quantitative estimate of drug-likeness (QED) is 0.0365. The summed E-state index contributed by atoms with van der Waals surface area (Å²) in [5.41, 5.74) is 10.8. The van der Waals surface area contributed by atoms with Crippen LogP contribution in [0.2, 0.25) is 0 Å². The van der Waals surface area contributed by atoms with Crippen molar-refractivity contribution in [2.24, 2.45) is 10.7 Å². The second kappa shape index (κ2) is 27.1. The van der Waals surface area contributed by atoms with Crippen LogP contribution in [-0.4, -0.2) is 71.8 Å². The van der Waals surface area contributed by atoms with Gasteiger partial charge in [0.05, 0.1) is 5.69 Å². The summed E-state index contributed by atoms with van der Waals surface area (Å²) in [6.45, 7) is 1.76. The van der Waals surface area contributed by atoms with E-state index in [1.807, 2.05) is 54.6 Å². The Labute approximate surface area is 417 Å². The summed E-state index contributed by atoms with van der Waals surface area (Å²) < 4.78 is 41.8. The first-order valence-corrected chi connectivity index (χ1v) is 22.4. The number of ether oxygens (including phenoxy) is 8. The molecule has 4 heterocycles. The average molecular weight is 989 g/mol. The highest BCUT2D eigenvalue weighted by Crippen LogP contribution is 2.37. The minimum Gasteiger partial charge on any atom is -0.504 e. The monoisotopic (exact) mass is 988 g/mol. The van der Waals surface area contributed by atoms with E-state index in [2.05, 4.69) is 4.99 Å². The van der Waals surface area contributed by atoms with Crippen LogP contribution in [0.4, 0.5) is 5.69 Å². The number of aryl methyl sites for hydroxylation is 2. The molecule has 0 spiro atoms. The van der Waals surface area contributed by atoms with Crippen LogP contribution in [0.25, 0.3) is 0 Å². The van der Waals surface area contributed by atoms with Gasteiger partial charge in [-0.1, -0.05) is 45.2 Å². The number of carbonyl (C=O) groups is 2. The Morgan fingerprint density at radius 1 is 0.444 bits per heavy atom. The van der Waals surface area contributed by atoms with Gasteiger partial charge in [-0.15, -0.1) is 0 Å². The third kappa shape index (κ3) is 15.8. The summed E-state index contributed by atoms with van der Waals surface area (Å²) in [6, 6.07) is 31.5. The maximum atomic E-state index is 12.2. The van der Waals surface area contributed by atoms with Crippen molar-refractivity contribution in [3.05, 3.63) is 137 Å². The molecule has 17 heteroatoms. The number of aliphatic imine (C=N–C) groups is 1. The number of nitrogens with zero attached hydrogens (tertiary/aromatic N) is 1. The van der Waals surface area contributed by atoms with Gasteiger partial charge < -0.3 is 64.1 Å². The molecule has 0 unspecified atom stereocenters. The lowest BCUT2D eigenvalue weighted by Gasteiger charge is -2.05. The fourth-order valence-electron chi connectivity index (χ4n) is 7.43. The number of phenolic OH excluding ortho intramolecular Hbond substituents is 4. The minimum atomic E-state index is -0.232. The van der Waals surface area contributed by atoms with E-state index in [9.17, 15) is 34.8 Å². The molecule has 0 atom stereocenters. The predicted octanol–water partition coefficient (Wildman–Crippen LogP) is 9.49. The average Bonchev–Trinajstić information content (AvgIpc) is 4.20. The van der Waals surface area contributed by atoms with Gasteiger partial charge in [-0.25, -0.2) is 4.79 Å². The second-order valence-corrected chi connectivity index (χ2v) is 16.1. The summed E-state index contributed by atoms with van der Waals surface area (Å²) >= 11 is 0. The second-order valence-electron chi connectivity index (χ2n) is 16.1. The fourth-order valence-corrected chi connectivity index (χ4v) is 7.43. The third-order valence-corrected chi connectivity index (χ3v) is 11.0. The highest BCUT2D eigenvalue weighted by Gasteiger charge is 2.17. The zero-order valence-electron chi connectivity index (χ0n) is 38.1. The standard InChI is InChI=1S/C19H18O5.C17H18O5.C9H11NO2.C8H5NO3.2CH4/c20-15(8-14-5-7-17-19(10-14)24-12-22-17)3-1-2-13-4-6-16-18(9-13)23-11-21-16;18-13(8-12-5-7-15(20)17(22)10-12)3-1-2-11-4-6-14(19)16(21)9-11;10-4-3-7-1-2-8-9(5-7)12-6-11-8;10-4-9-6-1-2-7-8(3-6)12-5-11-7;;/h4-7,9-10H,1-3,8,11-12H2;4-7,9-10,19-22H,1-3,8H2;1-2,5H,3-4,6,10H2;1-3H,5H2;2*1H4. The number of carbonyl (C=O) groups excluding carboxylic acids is 3. The summed E-state index contributed by atoms with van der Waals surface area (Å²) in [7, 11) is 0. The van der Waals surface area contributed by atoms with Crippen molar-refractivity contribution in [1.82, 2.24) is 0 Å². The Morgan fingerprint density at radius 3 is 1.25 bits per heavy atom. The number of fused-ring (bicyclic) bond motifs is 4. The topological polar surface area (TPSA) is 244 Å². The smallest absolute Gasteiger partial charge is 0.240 e. The highest BCUT2D eigenvalue weighted by atomic mass is 16.7. The largest absolute Gasteiger partial charge is 0.504 e. The van der Waals surface area contributed by atoms with E-state index in [1.165, 1.54) is 35.9 Å². The SMILES string of the molecule is C.C.NCCc1ccc2c(c1)OCO2.O=C(CCCc1ccc(O)c(O)c1)Cc1ccc(O)c(O)c1.O=C(CCCc1ccc2c(c1)OCO2)Cc1ccc2c(c1)OCO2.O=C=Nc1ccc2c(c1)OCO2. The number of Topliss-reactive ketones (excluding diaryl/α,β-unsaturated/α-hetero) is 2. The van der Waals surface area contributed by atoms with Crippen LogP contribution in [0.5, 0.6) is 69.0 Å². The zero-order chi connectivity index (χ0) is 49.2. The molecule has 0 aliphatic carbocycles. The van der Waals surface area contributed by atoms with E-state index < -0.39 is 0 Å². The lowest BCUT2D eigenvalue weighted by molar-refractivity contribution is -0.119. The Hall–Kier alpha value is -8.40. The van der Waals surface area contributed by atoms with Crippen LogP contribution in [0.3, 0.4) is 0 Å². The van der Waals surface area contributed by atoms with Gasteiger partial charge in [-0.2, -0.15) is 4.99 Å². The molecule has 6 aromatic carbocycles. The number of ketones is 2. The summed E-state index contributed by atoms with van der Waals surface area (Å²) in [6.07, 6.45) is 6.84. The number of hydrogen-bond acceptors (Lipinski definition) is 17. The summed E-state index contributed by atoms with van der Waals surface area (Å²) in [4.78, 5) is 37.4. The third-order valence-electron chi connectivity index (χ3n) is 11.0. The molecule has 0 aromatic heterocycles. The van der Waals surface area contributed by atoms with Gasteiger partial charge >= 0.3 is 0 Å². The van der Waals surface area contributed by atoms with Gasteiger partial charge in [0.1, 0.15) is 11.6 Å². The minimum absolute atomic E-state index is 0. The van der Waals surface area contributed by atoms with Crippen molar-refractivity contribution in [2.45, 2.75) is 72.6 Å². The zero-order valence-corrected chi connectivity index (χ0v) is 38.1. The fraction of sp³-hybridized carbons (Fsp3) is 0.291. The Morgan fingerprint density at radius 2 is 0.792 bits per heavy atom. The van der Waals surface area contributed by atoms with Crippen LogP contribution in [-0.2, 0) is 46.5 Å². The molecular formula is C55H60N2O15. The first-order valence-electron chi connectivity index (χ1n) is 22.4. The predicted molar refractivity (Wildman–Crippen MR) is 267 cm³/mol. The van der Waals surface area contributed by atoms with Crippen molar-refractivity contribution in [2.75, 3.05) is 33.7 Å². The first kappa shape index (κ1) is 54.5. The number of isocyanates is 1. The summed E-state index contributed by atoms with van der Waals surface area (Å²) in [5.74, 6) is 5.51. The molecule has 0 bridgehead atoms. The van der Waals surface area contributed by atoms with Crippen LogP contribution in [0, 0.1) is 0 Å². The van der Waals surface area contributed by atoms with Crippen LogP contribution in [0.1, 0.15) is 68.4 Å². The van der Waals surface area contributed by atoms with Gasteiger partial charge in [0, 0.05) is 31.7 Å². The Bertz CT molecular complexity index is 2830. The van der Waals surface area contributed by atoms with E-state index in [0.717, 1.165) is 70.4 Å². The molecule has 0 amide bonds. The van der Waals surface area contributed by atoms with Gasteiger partial charge in [-0.3, -0.25) is 9.59 Å². The molecule has 0 radical (unpaired) electrons. The molecule has 10 rings (SSSR count). The van der Waals surface area contributed by atoms with Crippen molar-refractivity contribution in [3.8, 4) is 69.0 Å². The maximum absolute atomic E-state index is 12.2. The van der Waals surface area contributed by atoms with Crippen LogP contribution < -0.4 is 43.6 Å². The van der Waals surface area contributed by atoms with E-state index in [4.69, 9.17) is 43.6 Å². The molecule has 6 aromatic rings. The Kier molecular flexibility index (Phi) is 20.5. The van der Waals surface area contributed by atoms with Gasteiger partial charge in [0.15, 0.2) is 69.0 Å². The number of rotatable bonds is 15. The molecular weight excluding hydrogens is 929 g/mol. The van der Waals surface area contributed by atoms with Crippen LogP contribution in [0.15, 0.2) is 114 Å². The highest BCUT2D eigenvalue weighted by molar-refractivity contribution is 5.81. The number of phenols is 4. The van der Waals surface area contributed by atoms with Crippen molar-refractivity contribution in [3.63, 3.8) is 0 Å². The molecule has 0 fully saturated rings. The number of hydrogen-bond donors (Lipinski definition) is 5. The molecule has 6 N–H and O–H groups in total. The Balaban J connectivity index is 0.000000184. The normalized spacial score (nSPS) is 12.2.